The molecule has 6 rings (SSSR count). The molecule has 4 aromatic rings. The fraction of sp³-hybridized carbons (Fsp3) is 0.265. The minimum absolute atomic E-state index is 0.144. The molecule has 10 nitrogen and oxygen atoms in total. The van der Waals surface area contributed by atoms with Crippen LogP contribution in [0, 0.1) is 0 Å². The number of aldehydes is 1. The predicted octanol–water partition coefficient (Wildman–Crippen LogP) is 5.14. The van der Waals surface area contributed by atoms with Gasteiger partial charge in [0.2, 0.25) is 11.9 Å². The number of piperidine rings is 1. The third kappa shape index (κ3) is 6.24. The molecular formula is C34H35N7O3. The molecule has 0 saturated carbocycles. The SMILES string of the molecule is NC(=O)C(CCC=O)N1Cc2c(Nc3ccnc(Nc4cccc(N5CCC(c6ccccc6)CC5)c4)n3)cccc2C1=O. The van der Waals surface area contributed by atoms with Crippen molar-refractivity contribution in [1.29, 1.82) is 0 Å². The molecule has 2 aliphatic heterocycles. The third-order valence-corrected chi connectivity index (χ3v) is 8.41. The highest BCUT2D eigenvalue weighted by molar-refractivity contribution is 6.02. The van der Waals surface area contributed by atoms with Crippen molar-refractivity contribution in [2.45, 2.75) is 44.2 Å². The van der Waals surface area contributed by atoms with Gasteiger partial charge in [0.25, 0.3) is 5.91 Å². The number of rotatable bonds is 11. The first kappa shape index (κ1) is 28.9. The second-order valence-corrected chi connectivity index (χ2v) is 11.2. The van der Waals surface area contributed by atoms with Crippen molar-refractivity contribution in [3.63, 3.8) is 0 Å². The summed E-state index contributed by atoms with van der Waals surface area (Å²) in [4.78, 5) is 49.1. The van der Waals surface area contributed by atoms with Gasteiger partial charge in [0, 0.05) is 60.4 Å². The lowest BCUT2D eigenvalue weighted by molar-refractivity contribution is -0.122. The highest BCUT2D eigenvalue weighted by Gasteiger charge is 2.36. The first-order chi connectivity index (χ1) is 21.5. The number of anilines is 5. The van der Waals surface area contributed by atoms with E-state index >= 15 is 0 Å². The fourth-order valence-electron chi connectivity index (χ4n) is 6.13. The summed E-state index contributed by atoms with van der Waals surface area (Å²) < 4.78 is 0. The summed E-state index contributed by atoms with van der Waals surface area (Å²) in [6, 6.07) is 25.3. The smallest absolute Gasteiger partial charge is 0.255 e. The summed E-state index contributed by atoms with van der Waals surface area (Å²) in [6.45, 7) is 2.20. The monoisotopic (exact) mass is 589 g/mol. The molecule has 1 saturated heterocycles. The number of amides is 2. The Kier molecular flexibility index (Phi) is 8.49. The van der Waals surface area contributed by atoms with Crippen molar-refractivity contribution < 1.29 is 14.4 Å². The number of carbonyl (C=O) groups is 3. The van der Waals surface area contributed by atoms with Crippen LogP contribution in [0.3, 0.4) is 0 Å². The van der Waals surface area contributed by atoms with E-state index in [1.807, 2.05) is 18.2 Å². The Labute approximate surface area is 256 Å². The van der Waals surface area contributed by atoms with Crippen LogP contribution in [0.1, 0.15) is 53.1 Å². The van der Waals surface area contributed by atoms with E-state index in [1.54, 1.807) is 24.4 Å². The standard InChI is InChI=1S/C34H35N7O3/c35-32(43)30(13-6-20-42)41-22-28-27(33(41)44)11-5-12-29(28)38-31-14-17-36-34(39-31)37-25-9-4-10-26(21-25)40-18-15-24(16-19-40)23-7-2-1-3-8-23/h1-5,7-12,14,17,20-21,24,30H,6,13,15-16,18-19,22H2,(H2,35,43)(H2,36,37,38,39). The first-order valence-corrected chi connectivity index (χ1v) is 14.9. The number of aromatic nitrogens is 2. The summed E-state index contributed by atoms with van der Waals surface area (Å²) in [6.07, 6.45) is 4.96. The van der Waals surface area contributed by atoms with Crippen molar-refractivity contribution in [3.05, 3.63) is 102 Å². The molecule has 3 aromatic carbocycles. The van der Waals surface area contributed by atoms with Gasteiger partial charge in [-0.15, -0.1) is 0 Å². The van der Waals surface area contributed by atoms with E-state index < -0.39 is 11.9 Å². The number of nitrogens with zero attached hydrogens (tertiary/aromatic N) is 4. The van der Waals surface area contributed by atoms with Gasteiger partial charge in [0.05, 0.1) is 0 Å². The van der Waals surface area contributed by atoms with Gasteiger partial charge in [-0.2, -0.15) is 4.98 Å². The Bertz CT molecular complexity index is 1650. The van der Waals surface area contributed by atoms with Gasteiger partial charge in [0.1, 0.15) is 18.1 Å². The number of hydrogen-bond acceptors (Lipinski definition) is 8. The fourth-order valence-corrected chi connectivity index (χ4v) is 6.13. The number of primary amides is 1. The maximum absolute atomic E-state index is 13.2. The van der Waals surface area contributed by atoms with Crippen LogP contribution in [0.5, 0.6) is 0 Å². The van der Waals surface area contributed by atoms with Crippen LogP contribution in [0.15, 0.2) is 85.1 Å². The molecule has 1 aromatic heterocycles. The molecule has 2 amide bonds. The Morgan fingerprint density at radius 1 is 1.00 bits per heavy atom. The van der Waals surface area contributed by atoms with Crippen molar-refractivity contribution in [3.8, 4) is 0 Å². The van der Waals surface area contributed by atoms with Gasteiger partial charge in [0.15, 0.2) is 0 Å². The largest absolute Gasteiger partial charge is 0.371 e. The van der Waals surface area contributed by atoms with Crippen molar-refractivity contribution in [1.82, 2.24) is 14.9 Å². The molecule has 0 radical (unpaired) electrons. The van der Waals surface area contributed by atoms with E-state index in [0.29, 0.717) is 28.9 Å². The molecule has 1 unspecified atom stereocenters. The second-order valence-electron chi connectivity index (χ2n) is 11.2. The van der Waals surface area contributed by atoms with E-state index in [0.717, 1.165) is 49.2 Å². The Morgan fingerprint density at radius 2 is 1.80 bits per heavy atom. The molecule has 1 atom stereocenters. The van der Waals surface area contributed by atoms with Gasteiger partial charge in [-0.25, -0.2) is 4.98 Å². The van der Waals surface area contributed by atoms with Gasteiger partial charge in [-0.05, 0) is 67.1 Å². The molecule has 3 heterocycles. The number of fused-ring (bicyclic) bond motifs is 1. The van der Waals surface area contributed by atoms with Crippen LogP contribution in [-0.2, 0) is 16.1 Å². The van der Waals surface area contributed by atoms with E-state index in [2.05, 4.69) is 68.0 Å². The van der Waals surface area contributed by atoms with Gasteiger partial charge in [-0.1, -0.05) is 42.5 Å². The molecule has 44 heavy (non-hydrogen) atoms. The van der Waals surface area contributed by atoms with E-state index in [9.17, 15) is 14.4 Å². The molecule has 0 aliphatic carbocycles. The van der Waals surface area contributed by atoms with Gasteiger partial charge >= 0.3 is 0 Å². The zero-order chi connectivity index (χ0) is 30.5. The second kappa shape index (κ2) is 12.9. The molecule has 0 spiro atoms. The average Bonchev–Trinajstić information content (AvgIpc) is 3.38. The van der Waals surface area contributed by atoms with E-state index in [-0.39, 0.29) is 25.3 Å². The predicted molar refractivity (Wildman–Crippen MR) is 170 cm³/mol. The first-order valence-electron chi connectivity index (χ1n) is 14.9. The lowest BCUT2D eigenvalue weighted by atomic mass is 9.89. The molecule has 10 heteroatoms. The molecule has 224 valence electrons. The summed E-state index contributed by atoms with van der Waals surface area (Å²) >= 11 is 0. The van der Waals surface area contributed by atoms with Crippen molar-refractivity contribution >= 4 is 46.9 Å². The number of hydrogen-bond donors (Lipinski definition) is 3. The normalized spacial score (nSPS) is 15.5. The molecule has 2 aliphatic rings. The van der Waals surface area contributed by atoms with Gasteiger partial charge in [-0.3, -0.25) is 9.59 Å². The number of nitrogens with one attached hydrogen (secondary N) is 2. The zero-order valence-corrected chi connectivity index (χ0v) is 24.4. The number of carbonyl (C=O) groups excluding carboxylic acids is 3. The Morgan fingerprint density at radius 3 is 2.57 bits per heavy atom. The van der Waals surface area contributed by atoms with Gasteiger partial charge < -0.3 is 31.0 Å². The summed E-state index contributed by atoms with van der Waals surface area (Å²) in [5, 5.41) is 6.64. The van der Waals surface area contributed by atoms with Crippen LogP contribution in [0.2, 0.25) is 0 Å². The molecule has 1 fully saturated rings. The maximum Gasteiger partial charge on any atom is 0.255 e. The summed E-state index contributed by atoms with van der Waals surface area (Å²) in [5.41, 5.74) is 11.0. The average molecular weight is 590 g/mol. The third-order valence-electron chi connectivity index (χ3n) is 8.41. The summed E-state index contributed by atoms with van der Waals surface area (Å²) in [7, 11) is 0. The molecule has 0 bridgehead atoms. The number of benzene rings is 3. The molecule has 4 N–H and O–H groups in total. The van der Waals surface area contributed by atoms with Crippen molar-refractivity contribution in [2.24, 2.45) is 5.73 Å². The van der Waals surface area contributed by atoms with Crippen LogP contribution in [0.4, 0.5) is 28.8 Å². The topological polar surface area (TPSA) is 134 Å². The van der Waals surface area contributed by atoms with Crippen LogP contribution < -0.4 is 21.3 Å². The lowest BCUT2D eigenvalue weighted by Gasteiger charge is -2.34. The quantitative estimate of drug-likeness (QED) is 0.205. The Balaban J connectivity index is 1.13. The highest BCUT2D eigenvalue weighted by Crippen LogP contribution is 2.34. The lowest BCUT2D eigenvalue weighted by Crippen LogP contribution is -2.44. The zero-order valence-electron chi connectivity index (χ0n) is 24.4. The van der Waals surface area contributed by atoms with Crippen LogP contribution >= 0.6 is 0 Å². The molecular weight excluding hydrogens is 554 g/mol. The summed E-state index contributed by atoms with van der Waals surface area (Å²) in [5.74, 6) is 0.662. The van der Waals surface area contributed by atoms with E-state index in [4.69, 9.17) is 5.73 Å². The highest BCUT2D eigenvalue weighted by atomic mass is 16.2. The Hall–Kier alpha value is -5.25. The van der Waals surface area contributed by atoms with Crippen molar-refractivity contribution in [2.75, 3.05) is 28.6 Å². The van der Waals surface area contributed by atoms with Crippen LogP contribution in [-0.4, -0.2) is 52.1 Å². The minimum Gasteiger partial charge on any atom is -0.371 e. The van der Waals surface area contributed by atoms with Crippen LogP contribution in [0.25, 0.3) is 0 Å². The van der Waals surface area contributed by atoms with E-state index in [1.165, 1.54) is 10.5 Å². The minimum atomic E-state index is -0.853. The number of nitrogens with two attached hydrogens (primary N) is 1. The maximum atomic E-state index is 13.2.